The number of aromatic nitrogens is 4. The molecule has 2 fully saturated rings. The molecule has 2 aromatic heterocycles. The van der Waals surface area contributed by atoms with Gasteiger partial charge >= 0.3 is 0 Å². The lowest BCUT2D eigenvalue weighted by Crippen LogP contribution is -2.35. The molecule has 2 aliphatic carbocycles. The second kappa shape index (κ2) is 8.53. The van der Waals surface area contributed by atoms with Gasteiger partial charge in [-0.2, -0.15) is 10.1 Å². The van der Waals surface area contributed by atoms with Gasteiger partial charge in [-0.1, -0.05) is 6.42 Å². The van der Waals surface area contributed by atoms with Crippen LogP contribution in [0.1, 0.15) is 50.0 Å². The van der Waals surface area contributed by atoms with Crippen molar-refractivity contribution in [1.29, 1.82) is 0 Å². The molecule has 8 nitrogen and oxygen atoms in total. The number of carbonyl (C=O) groups is 1. The van der Waals surface area contributed by atoms with Crippen LogP contribution in [0.5, 0.6) is 0 Å². The lowest BCUT2D eigenvalue weighted by molar-refractivity contribution is -0.127. The Morgan fingerprint density at radius 3 is 2.81 bits per heavy atom. The van der Waals surface area contributed by atoms with Gasteiger partial charge in [0.15, 0.2) is 0 Å². The number of rotatable bonds is 9. The molecule has 0 atom stereocenters. The molecule has 31 heavy (non-hydrogen) atoms. The van der Waals surface area contributed by atoms with Gasteiger partial charge in [0.25, 0.3) is 0 Å². The van der Waals surface area contributed by atoms with E-state index in [4.69, 9.17) is 4.98 Å². The molecule has 0 spiro atoms. The van der Waals surface area contributed by atoms with Crippen molar-refractivity contribution in [2.24, 2.45) is 13.0 Å². The number of fused-ring (bicyclic) bond motifs is 1. The first-order valence-electron chi connectivity index (χ1n) is 11.2. The molecule has 0 bridgehead atoms. The third kappa shape index (κ3) is 4.47. The van der Waals surface area contributed by atoms with E-state index >= 15 is 0 Å². The van der Waals surface area contributed by atoms with E-state index in [-0.39, 0.29) is 11.8 Å². The monoisotopic (exact) mass is 419 g/mol. The highest BCUT2D eigenvalue weighted by Crippen LogP contribution is 2.42. The summed E-state index contributed by atoms with van der Waals surface area (Å²) >= 11 is 0. The van der Waals surface area contributed by atoms with Crippen molar-refractivity contribution in [2.45, 2.75) is 44.4 Å². The molecule has 0 radical (unpaired) electrons. The minimum Gasteiger partial charge on any atom is -0.370 e. The van der Waals surface area contributed by atoms with Gasteiger partial charge in [0, 0.05) is 48.9 Å². The Balaban J connectivity index is 1.21. The van der Waals surface area contributed by atoms with Crippen molar-refractivity contribution in [1.82, 2.24) is 25.1 Å². The fourth-order valence-corrected chi connectivity index (χ4v) is 3.96. The molecule has 0 aliphatic heterocycles. The van der Waals surface area contributed by atoms with E-state index in [1.165, 1.54) is 24.8 Å². The van der Waals surface area contributed by atoms with Crippen LogP contribution in [0, 0.1) is 5.92 Å². The van der Waals surface area contributed by atoms with Crippen LogP contribution < -0.4 is 16.0 Å². The summed E-state index contributed by atoms with van der Waals surface area (Å²) in [6.45, 7) is 1.46. The first kappa shape index (κ1) is 19.8. The van der Waals surface area contributed by atoms with Gasteiger partial charge < -0.3 is 16.0 Å². The predicted molar refractivity (Wildman–Crippen MR) is 121 cm³/mol. The fourth-order valence-electron chi connectivity index (χ4n) is 3.96. The summed E-state index contributed by atoms with van der Waals surface area (Å²) in [6, 6.07) is 6.11. The number of carbonyl (C=O) groups excluding carboxylic acids is 1. The van der Waals surface area contributed by atoms with Gasteiger partial charge in [-0.3, -0.25) is 9.48 Å². The van der Waals surface area contributed by atoms with Gasteiger partial charge in [0.05, 0.1) is 11.7 Å². The zero-order valence-corrected chi connectivity index (χ0v) is 17.9. The highest BCUT2D eigenvalue weighted by atomic mass is 16.1. The molecule has 5 rings (SSSR count). The molecule has 162 valence electrons. The summed E-state index contributed by atoms with van der Waals surface area (Å²) < 4.78 is 1.86. The van der Waals surface area contributed by atoms with Crippen LogP contribution in [0.15, 0.2) is 30.6 Å². The Morgan fingerprint density at radius 2 is 2.03 bits per heavy atom. The van der Waals surface area contributed by atoms with E-state index in [9.17, 15) is 4.79 Å². The smallest absolute Gasteiger partial charge is 0.229 e. The minimum atomic E-state index is 0.212. The number of amides is 1. The molecule has 2 heterocycles. The van der Waals surface area contributed by atoms with Crippen LogP contribution in [0.25, 0.3) is 10.9 Å². The summed E-state index contributed by atoms with van der Waals surface area (Å²) in [4.78, 5) is 21.3. The number of hydrogen-bond acceptors (Lipinski definition) is 6. The maximum atomic E-state index is 11.9. The van der Waals surface area contributed by atoms with Gasteiger partial charge in [-0.15, -0.1) is 0 Å². The molecule has 3 N–H and O–H groups in total. The quantitative estimate of drug-likeness (QED) is 0.458. The predicted octanol–water partition coefficient (Wildman–Crippen LogP) is 3.70. The number of hydrogen-bond donors (Lipinski definition) is 3. The number of nitrogens with one attached hydrogen (secondary N) is 3. The van der Waals surface area contributed by atoms with Crippen LogP contribution in [0.3, 0.4) is 0 Å². The normalized spacial score (nSPS) is 16.2. The maximum absolute atomic E-state index is 11.9. The number of benzene rings is 1. The third-order valence-electron chi connectivity index (χ3n) is 6.26. The first-order chi connectivity index (χ1) is 15.2. The minimum absolute atomic E-state index is 0.212. The molecule has 0 unspecified atom stereocenters. The molecule has 3 aromatic rings. The Labute approximate surface area is 181 Å². The number of nitrogens with zero attached hydrogens (tertiary/aromatic N) is 4. The maximum Gasteiger partial charge on any atom is 0.229 e. The van der Waals surface area contributed by atoms with E-state index < -0.39 is 0 Å². The van der Waals surface area contributed by atoms with Gasteiger partial charge in [0.2, 0.25) is 11.9 Å². The Hall–Kier alpha value is -3.16. The van der Waals surface area contributed by atoms with Gasteiger partial charge in [-0.05, 0) is 56.2 Å². The zero-order valence-electron chi connectivity index (χ0n) is 17.9. The Bertz CT molecular complexity index is 1080. The third-order valence-corrected chi connectivity index (χ3v) is 6.26. The molecule has 1 aromatic carbocycles. The largest absolute Gasteiger partial charge is 0.370 e. The summed E-state index contributed by atoms with van der Waals surface area (Å²) in [5, 5.41) is 15.2. The van der Waals surface area contributed by atoms with Crippen LogP contribution >= 0.6 is 0 Å². The van der Waals surface area contributed by atoms with Crippen molar-refractivity contribution < 1.29 is 4.79 Å². The van der Waals surface area contributed by atoms with Crippen molar-refractivity contribution in [2.75, 3.05) is 23.7 Å². The summed E-state index contributed by atoms with van der Waals surface area (Å²) in [5.74, 6) is 2.48. The van der Waals surface area contributed by atoms with Crippen molar-refractivity contribution in [3.8, 4) is 0 Å². The zero-order chi connectivity index (χ0) is 21.2. The van der Waals surface area contributed by atoms with E-state index in [0.717, 1.165) is 48.2 Å². The van der Waals surface area contributed by atoms with Gasteiger partial charge in [-0.25, -0.2) is 4.98 Å². The highest BCUT2D eigenvalue weighted by Gasteiger charge is 2.28. The summed E-state index contributed by atoms with van der Waals surface area (Å²) in [6.07, 6.45) is 10.3. The van der Waals surface area contributed by atoms with Crippen molar-refractivity contribution >= 4 is 34.3 Å². The average molecular weight is 420 g/mol. The number of anilines is 3. The average Bonchev–Trinajstić information content (AvgIpc) is 3.50. The molecular weight excluding hydrogens is 390 g/mol. The second-order valence-electron chi connectivity index (χ2n) is 8.64. The van der Waals surface area contributed by atoms with Crippen molar-refractivity contribution in [3.05, 3.63) is 36.2 Å². The highest BCUT2D eigenvalue weighted by molar-refractivity contribution is 5.83. The topological polar surface area (TPSA) is 96.8 Å². The lowest BCUT2D eigenvalue weighted by Gasteiger charge is -2.24. The van der Waals surface area contributed by atoms with Crippen LogP contribution in [-0.2, 0) is 11.8 Å². The fraction of sp³-hybridized carbons (Fsp3) is 0.478. The van der Waals surface area contributed by atoms with Crippen molar-refractivity contribution in [3.63, 3.8) is 0 Å². The Morgan fingerprint density at radius 1 is 1.16 bits per heavy atom. The van der Waals surface area contributed by atoms with E-state index in [1.807, 2.05) is 36.3 Å². The second-order valence-corrected chi connectivity index (χ2v) is 8.64. The Kier molecular flexibility index (Phi) is 5.44. The SMILES string of the molecule is Cn1ncc2ccc(Nc3ncc(C4CC4)c(NCCCNC(=O)C4CCC4)n3)cc21. The van der Waals surface area contributed by atoms with Crippen LogP contribution in [0.2, 0.25) is 0 Å². The standard InChI is InChI=1S/C23H29N7O/c1-30-20-12-18(9-8-17(20)13-27-30)28-23-26-14-19(15-6-7-15)21(29-23)24-10-3-11-25-22(31)16-4-2-5-16/h8-9,12-16H,2-7,10-11H2,1H3,(H,25,31)(H2,24,26,28,29). The molecular formula is C23H29N7O. The molecule has 0 saturated heterocycles. The first-order valence-corrected chi connectivity index (χ1v) is 11.2. The van der Waals surface area contributed by atoms with E-state index in [1.54, 1.807) is 0 Å². The van der Waals surface area contributed by atoms with E-state index in [0.29, 0.717) is 18.4 Å². The lowest BCUT2D eigenvalue weighted by atomic mass is 9.85. The molecule has 2 aliphatic rings. The molecule has 8 heteroatoms. The van der Waals surface area contributed by atoms with Gasteiger partial charge in [0.1, 0.15) is 5.82 Å². The van der Waals surface area contributed by atoms with Crippen LogP contribution in [-0.4, -0.2) is 38.7 Å². The molecule has 2 saturated carbocycles. The van der Waals surface area contributed by atoms with Crippen LogP contribution in [0.4, 0.5) is 17.5 Å². The summed E-state index contributed by atoms with van der Waals surface area (Å²) in [5.41, 5.74) is 3.17. The molecule has 1 amide bonds. The summed E-state index contributed by atoms with van der Waals surface area (Å²) in [7, 11) is 1.93. The number of aryl methyl sites for hydroxylation is 1. The van der Waals surface area contributed by atoms with E-state index in [2.05, 4.69) is 32.1 Å².